The van der Waals surface area contributed by atoms with Crippen LogP contribution in [-0.2, 0) is 14.6 Å². The van der Waals surface area contributed by atoms with E-state index in [2.05, 4.69) is 0 Å². The number of benzene rings is 1. The highest BCUT2D eigenvalue weighted by atomic mass is 32.2. The van der Waals surface area contributed by atoms with Gasteiger partial charge in [-0.05, 0) is 37.1 Å². The van der Waals surface area contributed by atoms with Gasteiger partial charge in [-0.25, -0.2) is 8.42 Å². The van der Waals surface area contributed by atoms with Gasteiger partial charge >= 0.3 is 5.76 Å². The number of halogens is 2. The van der Waals surface area contributed by atoms with Gasteiger partial charge in [0.25, 0.3) is 5.91 Å². The Kier molecular flexibility index (Phi) is 4.87. The van der Waals surface area contributed by atoms with Gasteiger partial charge in [-0.1, -0.05) is 12.8 Å². The van der Waals surface area contributed by atoms with Gasteiger partial charge in [-0.2, -0.15) is 8.78 Å². The van der Waals surface area contributed by atoms with Crippen LogP contribution >= 0.6 is 0 Å². The first-order chi connectivity index (χ1) is 11.4. The SMILES string of the molecule is O=C(c1ccc(S(=O)(=O)C(F)F)cc1)N1CCOC2CCCCC21. The number of amides is 1. The van der Waals surface area contributed by atoms with Crippen LogP contribution in [0.15, 0.2) is 29.2 Å². The molecule has 1 amide bonds. The van der Waals surface area contributed by atoms with Crippen molar-refractivity contribution in [1.82, 2.24) is 4.90 Å². The van der Waals surface area contributed by atoms with Gasteiger partial charge in [0, 0.05) is 12.1 Å². The number of carbonyl (C=O) groups is 1. The highest BCUT2D eigenvalue weighted by molar-refractivity contribution is 7.91. The Morgan fingerprint density at radius 2 is 1.83 bits per heavy atom. The third kappa shape index (κ3) is 3.17. The van der Waals surface area contributed by atoms with Gasteiger partial charge < -0.3 is 9.64 Å². The summed E-state index contributed by atoms with van der Waals surface area (Å²) in [5.74, 6) is -3.68. The van der Waals surface area contributed by atoms with Crippen molar-refractivity contribution in [3.63, 3.8) is 0 Å². The number of ether oxygens (including phenoxy) is 1. The van der Waals surface area contributed by atoms with E-state index in [1.165, 1.54) is 12.1 Å². The number of nitrogens with zero attached hydrogens (tertiary/aromatic N) is 1. The third-order valence-electron chi connectivity index (χ3n) is 4.66. The van der Waals surface area contributed by atoms with Crippen LogP contribution in [-0.4, -0.2) is 50.3 Å². The molecule has 2 unspecified atom stereocenters. The van der Waals surface area contributed by atoms with E-state index in [-0.39, 0.29) is 18.1 Å². The van der Waals surface area contributed by atoms with Crippen LogP contribution < -0.4 is 0 Å². The Balaban J connectivity index is 1.80. The summed E-state index contributed by atoms with van der Waals surface area (Å²) in [6, 6.07) is 4.75. The molecule has 3 rings (SSSR count). The summed E-state index contributed by atoms with van der Waals surface area (Å²) in [4.78, 5) is 14.0. The van der Waals surface area contributed by atoms with E-state index in [4.69, 9.17) is 4.74 Å². The summed E-state index contributed by atoms with van der Waals surface area (Å²) < 4.78 is 53.7. The number of alkyl halides is 2. The molecule has 0 aromatic heterocycles. The number of sulfone groups is 1. The predicted molar refractivity (Wildman–Crippen MR) is 82.7 cm³/mol. The quantitative estimate of drug-likeness (QED) is 0.832. The lowest BCUT2D eigenvalue weighted by Gasteiger charge is -2.43. The lowest BCUT2D eigenvalue weighted by molar-refractivity contribution is -0.0752. The molecule has 1 saturated heterocycles. The largest absolute Gasteiger partial charge is 0.374 e. The predicted octanol–water partition coefficient (Wildman–Crippen LogP) is 2.47. The van der Waals surface area contributed by atoms with Gasteiger partial charge in [0.2, 0.25) is 9.84 Å². The zero-order chi connectivity index (χ0) is 17.3. The fourth-order valence-corrected chi connectivity index (χ4v) is 4.13. The second-order valence-corrected chi connectivity index (χ2v) is 8.01. The molecule has 1 saturated carbocycles. The van der Waals surface area contributed by atoms with Gasteiger partial charge in [0.05, 0.1) is 23.6 Å². The number of carbonyl (C=O) groups excluding carboxylic acids is 1. The molecular formula is C16H19F2NO4S. The average molecular weight is 359 g/mol. The first-order valence-corrected chi connectivity index (χ1v) is 9.50. The minimum atomic E-state index is -4.64. The van der Waals surface area contributed by atoms with Crippen LogP contribution in [0.2, 0.25) is 0 Å². The van der Waals surface area contributed by atoms with Crippen LogP contribution in [0.3, 0.4) is 0 Å². The molecule has 132 valence electrons. The Morgan fingerprint density at radius 3 is 2.50 bits per heavy atom. The second-order valence-electron chi connectivity index (χ2n) is 6.09. The van der Waals surface area contributed by atoms with Crippen molar-refractivity contribution in [2.45, 2.75) is 48.5 Å². The van der Waals surface area contributed by atoms with Crippen molar-refractivity contribution in [3.05, 3.63) is 29.8 Å². The molecule has 24 heavy (non-hydrogen) atoms. The average Bonchev–Trinajstić information content (AvgIpc) is 2.60. The van der Waals surface area contributed by atoms with Crippen LogP contribution in [0.5, 0.6) is 0 Å². The minimum Gasteiger partial charge on any atom is -0.374 e. The summed E-state index contributed by atoms with van der Waals surface area (Å²) in [7, 11) is -4.64. The summed E-state index contributed by atoms with van der Waals surface area (Å²) in [6.45, 7) is 0.960. The van der Waals surface area contributed by atoms with Crippen molar-refractivity contribution < 1.29 is 26.7 Å². The maximum Gasteiger partial charge on any atom is 0.341 e. The van der Waals surface area contributed by atoms with Crippen molar-refractivity contribution in [2.75, 3.05) is 13.2 Å². The van der Waals surface area contributed by atoms with E-state index in [0.29, 0.717) is 18.7 Å². The van der Waals surface area contributed by atoms with Crippen molar-refractivity contribution in [2.24, 2.45) is 0 Å². The van der Waals surface area contributed by atoms with Crippen molar-refractivity contribution in [1.29, 1.82) is 0 Å². The number of fused-ring (bicyclic) bond motifs is 1. The van der Waals surface area contributed by atoms with Crippen molar-refractivity contribution >= 4 is 15.7 Å². The van der Waals surface area contributed by atoms with E-state index in [1.807, 2.05) is 0 Å². The third-order valence-corrected chi connectivity index (χ3v) is 6.06. The number of hydrogen-bond acceptors (Lipinski definition) is 4. The number of rotatable bonds is 3. The molecule has 1 aliphatic carbocycles. The molecule has 8 heteroatoms. The summed E-state index contributed by atoms with van der Waals surface area (Å²) >= 11 is 0. The highest BCUT2D eigenvalue weighted by Crippen LogP contribution is 2.29. The first kappa shape index (κ1) is 17.3. The van der Waals surface area contributed by atoms with E-state index < -0.39 is 20.5 Å². The van der Waals surface area contributed by atoms with E-state index in [1.54, 1.807) is 4.90 Å². The molecule has 2 fully saturated rings. The van der Waals surface area contributed by atoms with Gasteiger partial charge in [0.15, 0.2) is 0 Å². The molecule has 2 atom stereocenters. The Labute approximate surface area is 139 Å². The summed E-state index contributed by atoms with van der Waals surface area (Å²) in [5.41, 5.74) is 0.300. The molecule has 0 bridgehead atoms. The Hall–Kier alpha value is -1.54. The standard InChI is InChI=1S/C16H19F2NO4S/c17-16(18)24(21,22)12-7-5-11(6-8-12)15(20)19-9-10-23-14-4-2-1-3-13(14)19/h5-8,13-14,16H,1-4,9-10H2. The fourth-order valence-electron chi connectivity index (χ4n) is 3.40. The molecule has 1 aliphatic heterocycles. The molecule has 0 radical (unpaired) electrons. The Bertz CT molecular complexity index is 703. The zero-order valence-electron chi connectivity index (χ0n) is 13.0. The van der Waals surface area contributed by atoms with Crippen LogP contribution in [0.1, 0.15) is 36.0 Å². The smallest absolute Gasteiger partial charge is 0.341 e. The van der Waals surface area contributed by atoms with Crippen LogP contribution in [0, 0.1) is 0 Å². The lowest BCUT2D eigenvalue weighted by atomic mass is 9.89. The van der Waals surface area contributed by atoms with Crippen molar-refractivity contribution in [3.8, 4) is 0 Å². The molecule has 1 heterocycles. The minimum absolute atomic E-state index is 0.0319. The van der Waals surface area contributed by atoms with Crippen LogP contribution in [0.4, 0.5) is 8.78 Å². The van der Waals surface area contributed by atoms with E-state index in [0.717, 1.165) is 37.8 Å². The zero-order valence-corrected chi connectivity index (χ0v) is 13.8. The van der Waals surface area contributed by atoms with Gasteiger partial charge in [-0.3, -0.25) is 4.79 Å². The molecule has 1 aromatic carbocycles. The molecule has 1 aromatic rings. The Morgan fingerprint density at radius 1 is 1.17 bits per heavy atom. The molecule has 0 spiro atoms. The molecule has 0 N–H and O–H groups in total. The number of morpholine rings is 1. The second kappa shape index (κ2) is 6.76. The van der Waals surface area contributed by atoms with E-state index in [9.17, 15) is 22.0 Å². The fraction of sp³-hybridized carbons (Fsp3) is 0.562. The van der Waals surface area contributed by atoms with E-state index >= 15 is 0 Å². The summed E-state index contributed by atoms with van der Waals surface area (Å²) in [6.07, 6.45) is 3.99. The maximum absolute atomic E-state index is 12.7. The van der Waals surface area contributed by atoms with Gasteiger partial charge in [-0.15, -0.1) is 0 Å². The molecule has 2 aliphatic rings. The lowest BCUT2D eigenvalue weighted by Crippen LogP contribution is -2.54. The monoisotopic (exact) mass is 359 g/mol. The van der Waals surface area contributed by atoms with Gasteiger partial charge in [0.1, 0.15) is 0 Å². The first-order valence-electron chi connectivity index (χ1n) is 7.96. The van der Waals surface area contributed by atoms with Crippen LogP contribution in [0.25, 0.3) is 0 Å². The highest BCUT2D eigenvalue weighted by Gasteiger charge is 2.37. The normalized spacial score (nSPS) is 24.7. The summed E-state index contributed by atoms with van der Waals surface area (Å²) in [5, 5.41) is 0. The molecule has 5 nitrogen and oxygen atoms in total. The topological polar surface area (TPSA) is 63.7 Å². The maximum atomic E-state index is 12.7. The molecular weight excluding hydrogens is 340 g/mol. The number of hydrogen-bond donors (Lipinski definition) is 0.